The zero-order chi connectivity index (χ0) is 18.4. The number of amides is 2. The molecule has 0 radical (unpaired) electrons. The number of carbonyl (C=O) groups excluding carboxylic acids is 2. The molecule has 1 heterocycles. The number of hydrogen-bond acceptors (Lipinski definition) is 5. The van der Waals surface area contributed by atoms with Gasteiger partial charge in [0, 0.05) is 28.5 Å². The summed E-state index contributed by atoms with van der Waals surface area (Å²) in [7, 11) is 0. The van der Waals surface area contributed by atoms with Crippen LogP contribution < -0.4 is 11.1 Å². The molecule has 2 amide bonds. The molecule has 132 valence electrons. The number of nitrogens with zero attached hydrogens (tertiary/aromatic N) is 2. The second-order valence-electron chi connectivity index (χ2n) is 5.47. The van der Waals surface area contributed by atoms with E-state index >= 15 is 0 Å². The van der Waals surface area contributed by atoms with Crippen LogP contribution in [0.5, 0.6) is 0 Å². The molecule has 1 aromatic heterocycles. The number of primary amides is 1. The first-order valence-electron chi connectivity index (χ1n) is 7.66. The molecular formula is C17H19ClN4O2S. The quantitative estimate of drug-likeness (QED) is 0.570. The van der Waals surface area contributed by atoms with Crippen molar-refractivity contribution in [3.63, 3.8) is 0 Å². The Morgan fingerprint density at radius 1 is 1.16 bits per heavy atom. The van der Waals surface area contributed by atoms with Crippen LogP contribution in [0.15, 0.2) is 29.4 Å². The minimum absolute atomic E-state index is 0.0895. The first-order valence-corrected chi connectivity index (χ1v) is 9.02. The lowest BCUT2D eigenvalue weighted by atomic mass is 10.1. The van der Waals surface area contributed by atoms with Gasteiger partial charge in [0.25, 0.3) is 0 Å². The van der Waals surface area contributed by atoms with E-state index in [9.17, 15) is 9.59 Å². The predicted octanol–water partition coefficient (Wildman–Crippen LogP) is 2.90. The lowest BCUT2D eigenvalue weighted by molar-refractivity contribution is -0.116. The molecule has 0 spiro atoms. The summed E-state index contributed by atoms with van der Waals surface area (Å²) in [5.41, 5.74) is 8.39. The fourth-order valence-corrected chi connectivity index (χ4v) is 3.07. The van der Waals surface area contributed by atoms with Crippen LogP contribution in [0.3, 0.4) is 0 Å². The fraction of sp³-hybridized carbons (Fsp3) is 0.294. The Morgan fingerprint density at radius 3 is 2.32 bits per heavy atom. The Morgan fingerprint density at radius 2 is 1.76 bits per heavy atom. The van der Waals surface area contributed by atoms with Gasteiger partial charge in [-0.1, -0.05) is 23.4 Å². The fourth-order valence-electron chi connectivity index (χ4n) is 2.27. The summed E-state index contributed by atoms with van der Waals surface area (Å²) >= 11 is 7.03. The zero-order valence-corrected chi connectivity index (χ0v) is 15.6. The molecule has 0 aliphatic rings. The number of aromatic nitrogens is 2. The SMILES string of the molecule is Cc1nc(SCC(N)=O)nc(C)c1CCC(=O)Nc1ccc(Cl)cc1. The van der Waals surface area contributed by atoms with Gasteiger partial charge in [-0.3, -0.25) is 9.59 Å². The summed E-state index contributed by atoms with van der Waals surface area (Å²) < 4.78 is 0. The van der Waals surface area contributed by atoms with E-state index in [-0.39, 0.29) is 11.7 Å². The van der Waals surface area contributed by atoms with E-state index in [0.717, 1.165) is 17.0 Å². The number of benzene rings is 1. The van der Waals surface area contributed by atoms with E-state index in [4.69, 9.17) is 17.3 Å². The standard InChI is InChI=1S/C17H19ClN4O2S/c1-10-14(11(2)21-17(20-10)25-9-15(19)23)7-8-16(24)22-13-5-3-12(18)4-6-13/h3-6H,7-9H2,1-2H3,(H2,19,23)(H,22,24). The van der Waals surface area contributed by atoms with E-state index in [1.807, 2.05) is 13.8 Å². The van der Waals surface area contributed by atoms with Crippen LogP contribution in [0, 0.1) is 13.8 Å². The Labute approximate surface area is 155 Å². The maximum absolute atomic E-state index is 12.1. The van der Waals surface area contributed by atoms with Crippen molar-refractivity contribution in [3.8, 4) is 0 Å². The smallest absolute Gasteiger partial charge is 0.227 e. The predicted molar refractivity (Wildman–Crippen MR) is 99.8 cm³/mol. The summed E-state index contributed by atoms with van der Waals surface area (Å²) in [6.07, 6.45) is 0.860. The van der Waals surface area contributed by atoms with Crippen LogP contribution in [-0.2, 0) is 16.0 Å². The van der Waals surface area contributed by atoms with E-state index < -0.39 is 5.91 Å². The zero-order valence-electron chi connectivity index (χ0n) is 14.0. The van der Waals surface area contributed by atoms with Crippen LogP contribution in [0.4, 0.5) is 5.69 Å². The van der Waals surface area contributed by atoms with Crippen molar-refractivity contribution in [3.05, 3.63) is 46.2 Å². The Balaban J connectivity index is 1.96. The van der Waals surface area contributed by atoms with Gasteiger partial charge in [0.05, 0.1) is 5.75 Å². The van der Waals surface area contributed by atoms with Crippen molar-refractivity contribution in [2.45, 2.75) is 31.8 Å². The molecule has 0 fully saturated rings. The Kier molecular flexibility index (Phi) is 6.78. The molecule has 0 unspecified atom stereocenters. The second kappa shape index (κ2) is 8.82. The van der Waals surface area contributed by atoms with Crippen molar-refractivity contribution in [1.29, 1.82) is 0 Å². The molecule has 0 saturated carbocycles. The average molecular weight is 379 g/mol. The first kappa shape index (κ1) is 19.2. The van der Waals surface area contributed by atoms with Gasteiger partial charge in [-0.25, -0.2) is 9.97 Å². The monoisotopic (exact) mass is 378 g/mol. The van der Waals surface area contributed by atoms with Crippen LogP contribution in [0.25, 0.3) is 0 Å². The molecule has 0 aliphatic carbocycles. The molecule has 2 rings (SSSR count). The molecule has 3 N–H and O–H groups in total. The summed E-state index contributed by atoms with van der Waals surface area (Å²) in [5.74, 6) is -0.359. The summed E-state index contributed by atoms with van der Waals surface area (Å²) in [6.45, 7) is 3.74. The third kappa shape index (κ3) is 6.03. The largest absolute Gasteiger partial charge is 0.369 e. The average Bonchev–Trinajstić information content (AvgIpc) is 2.54. The second-order valence-corrected chi connectivity index (χ2v) is 6.84. The molecule has 0 bridgehead atoms. The van der Waals surface area contributed by atoms with Crippen LogP contribution in [-0.4, -0.2) is 27.5 Å². The van der Waals surface area contributed by atoms with Crippen molar-refractivity contribution in [2.24, 2.45) is 5.73 Å². The van der Waals surface area contributed by atoms with E-state index in [1.165, 1.54) is 11.8 Å². The molecule has 6 nitrogen and oxygen atoms in total. The lowest BCUT2D eigenvalue weighted by Gasteiger charge is -2.11. The summed E-state index contributed by atoms with van der Waals surface area (Å²) in [4.78, 5) is 31.7. The van der Waals surface area contributed by atoms with Crippen molar-refractivity contribution < 1.29 is 9.59 Å². The van der Waals surface area contributed by atoms with E-state index in [0.29, 0.717) is 28.7 Å². The maximum atomic E-state index is 12.1. The van der Waals surface area contributed by atoms with Crippen molar-refractivity contribution in [2.75, 3.05) is 11.1 Å². The van der Waals surface area contributed by atoms with Crippen LogP contribution >= 0.6 is 23.4 Å². The Hall–Kier alpha value is -2.12. The van der Waals surface area contributed by atoms with Gasteiger partial charge < -0.3 is 11.1 Å². The van der Waals surface area contributed by atoms with Gasteiger partial charge in [-0.05, 0) is 50.1 Å². The highest BCUT2D eigenvalue weighted by molar-refractivity contribution is 7.99. The number of halogens is 1. The highest BCUT2D eigenvalue weighted by Gasteiger charge is 2.12. The normalized spacial score (nSPS) is 10.5. The minimum atomic E-state index is -0.410. The number of hydrogen-bond donors (Lipinski definition) is 2. The first-order chi connectivity index (χ1) is 11.8. The van der Waals surface area contributed by atoms with Gasteiger partial charge in [-0.2, -0.15) is 0 Å². The van der Waals surface area contributed by atoms with Gasteiger partial charge in [0.1, 0.15) is 0 Å². The molecular weight excluding hydrogens is 360 g/mol. The van der Waals surface area contributed by atoms with Crippen molar-refractivity contribution in [1.82, 2.24) is 9.97 Å². The third-order valence-corrected chi connectivity index (χ3v) is 4.60. The third-order valence-electron chi connectivity index (χ3n) is 3.47. The number of aryl methyl sites for hydroxylation is 2. The summed E-state index contributed by atoms with van der Waals surface area (Å²) in [5, 5.41) is 3.97. The van der Waals surface area contributed by atoms with Gasteiger partial charge in [-0.15, -0.1) is 0 Å². The number of carbonyl (C=O) groups is 2. The van der Waals surface area contributed by atoms with E-state index in [2.05, 4.69) is 15.3 Å². The number of nitrogens with two attached hydrogens (primary N) is 1. The molecule has 0 aliphatic heterocycles. The topological polar surface area (TPSA) is 98.0 Å². The maximum Gasteiger partial charge on any atom is 0.227 e. The van der Waals surface area contributed by atoms with Gasteiger partial charge in [0.15, 0.2) is 5.16 Å². The number of thioether (sulfide) groups is 1. The van der Waals surface area contributed by atoms with Gasteiger partial charge >= 0.3 is 0 Å². The number of anilines is 1. The molecule has 25 heavy (non-hydrogen) atoms. The van der Waals surface area contributed by atoms with Crippen molar-refractivity contribution >= 4 is 40.9 Å². The van der Waals surface area contributed by atoms with Crippen LogP contribution in [0.2, 0.25) is 5.02 Å². The molecule has 0 atom stereocenters. The number of rotatable bonds is 7. The Bertz CT molecular complexity index is 758. The molecule has 1 aromatic carbocycles. The lowest BCUT2D eigenvalue weighted by Crippen LogP contribution is -2.15. The number of nitrogens with one attached hydrogen (secondary N) is 1. The molecule has 0 saturated heterocycles. The van der Waals surface area contributed by atoms with Gasteiger partial charge in [0.2, 0.25) is 11.8 Å². The highest BCUT2D eigenvalue weighted by atomic mass is 35.5. The minimum Gasteiger partial charge on any atom is -0.369 e. The summed E-state index contributed by atoms with van der Waals surface area (Å²) in [6, 6.07) is 6.96. The molecule has 2 aromatic rings. The highest BCUT2D eigenvalue weighted by Crippen LogP contribution is 2.19. The van der Waals surface area contributed by atoms with Crippen LogP contribution in [0.1, 0.15) is 23.4 Å². The van der Waals surface area contributed by atoms with E-state index in [1.54, 1.807) is 24.3 Å². The molecule has 8 heteroatoms.